The van der Waals surface area contributed by atoms with E-state index in [0.29, 0.717) is 33.4 Å². The van der Waals surface area contributed by atoms with Crippen LogP contribution in [0.25, 0.3) is 11.3 Å². The molecule has 2 aliphatic rings. The fraction of sp³-hybridized carbons (Fsp3) is 0.419. The van der Waals surface area contributed by atoms with E-state index in [2.05, 4.69) is 37.4 Å². The Morgan fingerprint density at radius 2 is 1.86 bits per heavy atom. The first-order chi connectivity index (χ1) is 20.5. The lowest BCUT2D eigenvalue weighted by atomic mass is 10.0. The van der Waals surface area contributed by atoms with Crippen molar-refractivity contribution in [3.8, 4) is 11.3 Å². The number of rotatable bonds is 9. The van der Waals surface area contributed by atoms with Crippen molar-refractivity contribution >= 4 is 35.1 Å². The number of anilines is 2. The van der Waals surface area contributed by atoms with Gasteiger partial charge in [0.1, 0.15) is 11.9 Å². The molecule has 12 heteroatoms. The molecule has 0 spiro atoms. The van der Waals surface area contributed by atoms with Crippen LogP contribution in [0, 0.1) is 5.82 Å². The summed E-state index contributed by atoms with van der Waals surface area (Å²) in [4.78, 5) is 41.4. The van der Waals surface area contributed by atoms with E-state index in [1.807, 2.05) is 25.1 Å². The van der Waals surface area contributed by atoms with Crippen molar-refractivity contribution in [2.75, 3.05) is 50.1 Å². The van der Waals surface area contributed by atoms with Crippen molar-refractivity contribution < 1.29 is 19.1 Å². The minimum atomic E-state index is -0.755. The van der Waals surface area contributed by atoms with Crippen LogP contribution in [-0.2, 0) is 11.3 Å². The first kappa shape index (κ1) is 30.7. The zero-order chi connectivity index (χ0) is 30.8. The second-order valence-electron chi connectivity index (χ2n) is 11.4. The molecule has 0 bridgehead atoms. The van der Waals surface area contributed by atoms with Crippen LogP contribution < -0.4 is 15.5 Å². The van der Waals surface area contributed by atoms with Crippen LogP contribution in [0.4, 0.5) is 16.0 Å². The zero-order valence-corrected chi connectivity index (χ0v) is 25.5. The van der Waals surface area contributed by atoms with Crippen LogP contribution >= 0.6 is 11.6 Å². The third-order valence-electron chi connectivity index (χ3n) is 8.09. The number of piperazine rings is 1. The average molecular weight is 610 g/mol. The van der Waals surface area contributed by atoms with Gasteiger partial charge in [-0.1, -0.05) is 23.7 Å². The van der Waals surface area contributed by atoms with Crippen LogP contribution in [0.2, 0.25) is 5.02 Å². The topological polar surface area (TPSA) is 114 Å². The Bertz CT molecular complexity index is 1510. The van der Waals surface area contributed by atoms with Crippen LogP contribution in [0.15, 0.2) is 42.6 Å². The minimum Gasteiger partial charge on any atom is -0.394 e. The van der Waals surface area contributed by atoms with Crippen LogP contribution in [-0.4, -0.2) is 88.6 Å². The van der Waals surface area contributed by atoms with Crippen molar-refractivity contribution in [3.05, 3.63) is 70.1 Å². The maximum Gasteiger partial charge on any atom is 0.255 e. The molecule has 3 aromatic rings. The van der Waals surface area contributed by atoms with Gasteiger partial charge in [0.2, 0.25) is 11.9 Å². The van der Waals surface area contributed by atoms with Crippen LogP contribution in [0.1, 0.15) is 48.3 Å². The van der Waals surface area contributed by atoms with Gasteiger partial charge in [-0.2, -0.15) is 0 Å². The number of hydrogen-bond donors (Lipinski definition) is 3. The van der Waals surface area contributed by atoms with Gasteiger partial charge in [-0.05, 0) is 63.2 Å². The summed E-state index contributed by atoms with van der Waals surface area (Å²) < 4.78 is 14.6. The predicted molar refractivity (Wildman–Crippen MR) is 165 cm³/mol. The Kier molecular flexibility index (Phi) is 9.14. The number of hydrogen-bond acceptors (Lipinski definition) is 8. The number of benzene rings is 2. The Morgan fingerprint density at radius 1 is 1.12 bits per heavy atom. The molecule has 2 aliphatic heterocycles. The normalized spacial score (nSPS) is 17.4. The summed E-state index contributed by atoms with van der Waals surface area (Å²) in [6.07, 6.45) is 1.47. The number of carbonyl (C=O) groups is 2. The Balaban J connectivity index is 1.28. The number of nitrogens with one attached hydrogen (secondary N) is 2. The molecule has 3 heterocycles. The van der Waals surface area contributed by atoms with Gasteiger partial charge >= 0.3 is 0 Å². The van der Waals surface area contributed by atoms with Gasteiger partial charge in [-0.15, -0.1) is 0 Å². The van der Waals surface area contributed by atoms with Crippen molar-refractivity contribution in [1.82, 2.24) is 25.1 Å². The molecule has 10 nitrogen and oxygen atoms in total. The van der Waals surface area contributed by atoms with Gasteiger partial charge < -0.3 is 30.4 Å². The fourth-order valence-corrected chi connectivity index (χ4v) is 5.54. The molecule has 3 atom stereocenters. The van der Waals surface area contributed by atoms with Crippen molar-refractivity contribution in [3.63, 3.8) is 0 Å². The van der Waals surface area contributed by atoms with Gasteiger partial charge in [0.05, 0.1) is 29.6 Å². The highest BCUT2D eigenvalue weighted by molar-refractivity contribution is 6.33. The molecule has 0 saturated carbocycles. The van der Waals surface area contributed by atoms with E-state index in [0.717, 1.165) is 37.4 Å². The molecular weight excluding hydrogens is 573 g/mol. The number of carbonyl (C=O) groups excluding carboxylic acids is 2. The number of nitrogens with zero attached hydrogens (tertiary/aromatic N) is 5. The smallest absolute Gasteiger partial charge is 0.255 e. The number of halogens is 2. The van der Waals surface area contributed by atoms with Crippen LogP contribution in [0.3, 0.4) is 0 Å². The molecule has 1 aromatic heterocycles. The lowest BCUT2D eigenvalue weighted by Gasteiger charge is -2.34. The van der Waals surface area contributed by atoms with E-state index in [1.54, 1.807) is 19.9 Å². The molecule has 228 valence electrons. The zero-order valence-electron chi connectivity index (χ0n) is 24.8. The second kappa shape index (κ2) is 12.8. The summed E-state index contributed by atoms with van der Waals surface area (Å²) in [6, 6.07) is 8.83. The first-order valence-corrected chi connectivity index (χ1v) is 14.8. The number of amides is 2. The SMILES string of the molecule is CC(CO)Nc1ncc(Cl)c(-c2ccc3c(c2)C(=O)N(C(C)C(=O)NC(C)c2cc(F)cc(N4CCN(C)CC4)c2)C3)n1. The second-order valence-corrected chi connectivity index (χ2v) is 11.8. The summed E-state index contributed by atoms with van der Waals surface area (Å²) in [5.41, 5.74) is 3.81. The van der Waals surface area contributed by atoms with Crippen molar-refractivity contribution in [2.24, 2.45) is 0 Å². The van der Waals surface area contributed by atoms with Crippen LogP contribution in [0.5, 0.6) is 0 Å². The van der Waals surface area contributed by atoms with Gasteiger partial charge in [-0.3, -0.25) is 9.59 Å². The monoisotopic (exact) mass is 609 g/mol. The standard InChI is InChI=1S/C31H37ClFN7O3/c1-18(17-41)35-31-34-15-27(32)28(37-31)21-5-6-22-16-40(30(43)26(22)13-21)20(3)29(42)36-19(2)23-11-24(33)14-25(12-23)39-9-7-38(4)8-10-39/h5-6,11-15,18-20,41H,7-10,16-17H2,1-4H3,(H,36,42)(H,34,35,37). The molecular formula is C31H37ClFN7O3. The molecule has 3 N–H and O–H groups in total. The van der Waals surface area contributed by atoms with Crippen molar-refractivity contribution in [1.29, 1.82) is 0 Å². The summed E-state index contributed by atoms with van der Waals surface area (Å²) in [6.45, 7) is 8.91. The Morgan fingerprint density at radius 3 is 2.58 bits per heavy atom. The summed E-state index contributed by atoms with van der Waals surface area (Å²) >= 11 is 6.40. The highest BCUT2D eigenvalue weighted by Crippen LogP contribution is 2.32. The predicted octanol–water partition coefficient (Wildman–Crippen LogP) is 3.70. The molecule has 1 fully saturated rings. The van der Waals surface area contributed by atoms with Gasteiger partial charge in [0, 0.05) is 55.6 Å². The number of aliphatic hydroxyl groups excluding tert-OH is 1. The molecule has 3 unspecified atom stereocenters. The van der Waals surface area contributed by atoms with E-state index in [4.69, 9.17) is 11.6 Å². The maximum absolute atomic E-state index is 14.6. The highest BCUT2D eigenvalue weighted by Gasteiger charge is 2.35. The summed E-state index contributed by atoms with van der Waals surface area (Å²) in [5.74, 6) is -0.640. The van der Waals surface area contributed by atoms with E-state index in [1.165, 1.54) is 23.2 Å². The van der Waals surface area contributed by atoms with E-state index in [9.17, 15) is 19.1 Å². The molecule has 5 rings (SSSR count). The molecule has 43 heavy (non-hydrogen) atoms. The number of fused-ring (bicyclic) bond motifs is 1. The Hall–Kier alpha value is -3.80. The van der Waals surface area contributed by atoms with Gasteiger partial charge in [-0.25, -0.2) is 14.4 Å². The number of aromatic nitrogens is 2. The third-order valence-corrected chi connectivity index (χ3v) is 8.36. The maximum atomic E-state index is 14.6. The number of likely N-dealkylation sites (N-methyl/N-ethyl adjacent to an activating group) is 1. The molecule has 0 radical (unpaired) electrons. The first-order valence-electron chi connectivity index (χ1n) is 14.4. The fourth-order valence-electron chi connectivity index (χ4n) is 5.34. The van der Waals surface area contributed by atoms with E-state index >= 15 is 0 Å². The molecule has 2 amide bonds. The quantitative estimate of drug-likeness (QED) is 0.337. The summed E-state index contributed by atoms with van der Waals surface area (Å²) in [5, 5.41) is 15.6. The van der Waals surface area contributed by atoms with E-state index in [-0.39, 0.29) is 36.8 Å². The third kappa shape index (κ3) is 6.74. The molecule has 0 aliphatic carbocycles. The lowest BCUT2D eigenvalue weighted by Crippen LogP contribution is -2.46. The number of aliphatic hydroxyl groups is 1. The average Bonchev–Trinajstić information content (AvgIpc) is 3.32. The van der Waals surface area contributed by atoms with Crippen molar-refractivity contribution in [2.45, 2.75) is 45.4 Å². The summed E-state index contributed by atoms with van der Waals surface area (Å²) in [7, 11) is 2.07. The van der Waals surface area contributed by atoms with Gasteiger partial charge in [0.25, 0.3) is 5.91 Å². The molecule has 2 aromatic carbocycles. The van der Waals surface area contributed by atoms with E-state index < -0.39 is 12.1 Å². The molecule has 1 saturated heterocycles. The minimum absolute atomic E-state index is 0.0884. The highest BCUT2D eigenvalue weighted by atomic mass is 35.5. The Labute approximate surface area is 255 Å². The van der Waals surface area contributed by atoms with Gasteiger partial charge in [0.15, 0.2) is 0 Å². The lowest BCUT2D eigenvalue weighted by molar-refractivity contribution is -0.125. The largest absolute Gasteiger partial charge is 0.394 e.